The van der Waals surface area contributed by atoms with E-state index in [1.807, 2.05) is 37.3 Å². The number of hydrogen-bond acceptors (Lipinski definition) is 6. The van der Waals surface area contributed by atoms with Gasteiger partial charge in [-0.3, -0.25) is 4.79 Å². The van der Waals surface area contributed by atoms with Crippen LogP contribution >= 0.6 is 11.3 Å². The van der Waals surface area contributed by atoms with Gasteiger partial charge in [-0.15, -0.1) is 10.2 Å². The molecule has 0 aliphatic heterocycles. The van der Waals surface area contributed by atoms with Crippen LogP contribution in [0.25, 0.3) is 0 Å². The van der Waals surface area contributed by atoms with Crippen molar-refractivity contribution in [2.45, 2.75) is 44.5 Å². The monoisotopic (exact) mass is 382 g/mol. The van der Waals surface area contributed by atoms with Crippen molar-refractivity contribution in [1.29, 1.82) is 0 Å². The Bertz CT molecular complexity index is 827. The molecule has 1 aromatic carbocycles. The first-order valence-electron chi connectivity index (χ1n) is 7.85. The summed E-state index contributed by atoms with van der Waals surface area (Å²) >= 11 is 0.827. The van der Waals surface area contributed by atoms with Crippen LogP contribution in [0.2, 0.25) is 0 Å². The molecule has 2 N–H and O–H groups in total. The molecule has 1 atom stereocenters. The van der Waals surface area contributed by atoms with Gasteiger partial charge in [0.1, 0.15) is 0 Å². The van der Waals surface area contributed by atoms with E-state index in [1.165, 1.54) is 0 Å². The Morgan fingerprint density at radius 1 is 1.20 bits per heavy atom. The van der Waals surface area contributed by atoms with E-state index in [4.69, 9.17) is 0 Å². The molecule has 0 aliphatic rings. The molecule has 0 unspecified atom stereocenters. The lowest BCUT2D eigenvalue weighted by Gasteiger charge is -2.16. The highest BCUT2D eigenvalue weighted by molar-refractivity contribution is 7.91. The molecule has 2 aromatic rings. The van der Waals surface area contributed by atoms with Gasteiger partial charge < -0.3 is 5.32 Å². The van der Waals surface area contributed by atoms with Crippen LogP contribution in [0.15, 0.2) is 34.7 Å². The Morgan fingerprint density at radius 2 is 1.84 bits per heavy atom. The first-order chi connectivity index (χ1) is 11.6. The minimum absolute atomic E-state index is 0.160. The van der Waals surface area contributed by atoms with Crippen LogP contribution in [0.4, 0.5) is 5.13 Å². The topological polar surface area (TPSA) is 101 Å². The molecule has 7 nitrogen and oxygen atoms in total. The van der Waals surface area contributed by atoms with Crippen molar-refractivity contribution in [3.63, 3.8) is 0 Å². The van der Waals surface area contributed by atoms with Gasteiger partial charge in [0.2, 0.25) is 15.4 Å². The molecule has 0 saturated heterocycles. The third-order valence-electron chi connectivity index (χ3n) is 3.45. The predicted molar refractivity (Wildman–Crippen MR) is 97.8 cm³/mol. The van der Waals surface area contributed by atoms with Gasteiger partial charge >= 0.3 is 0 Å². The average molecular weight is 383 g/mol. The Balaban J connectivity index is 2.16. The molecule has 0 saturated carbocycles. The van der Waals surface area contributed by atoms with Gasteiger partial charge in [-0.1, -0.05) is 69.4 Å². The van der Waals surface area contributed by atoms with E-state index in [-0.39, 0.29) is 21.4 Å². The highest BCUT2D eigenvalue weighted by Crippen LogP contribution is 2.25. The van der Waals surface area contributed by atoms with E-state index in [2.05, 4.69) is 20.2 Å². The van der Waals surface area contributed by atoms with Gasteiger partial charge in [-0.25, -0.2) is 13.1 Å². The normalized spacial score (nSPS) is 13.4. The van der Waals surface area contributed by atoms with Crippen molar-refractivity contribution in [3.05, 3.63) is 35.9 Å². The predicted octanol–water partition coefficient (Wildman–Crippen LogP) is 2.95. The summed E-state index contributed by atoms with van der Waals surface area (Å²) in [5.74, 6) is -0.253. The Morgan fingerprint density at radius 3 is 2.40 bits per heavy atom. The number of hydrogen-bond donors (Lipinski definition) is 2. The fourth-order valence-corrected chi connectivity index (χ4v) is 4.18. The number of amides is 1. The van der Waals surface area contributed by atoms with Crippen LogP contribution in [0, 0.1) is 5.41 Å². The smallest absolute Gasteiger partial charge is 0.270 e. The molecule has 0 aliphatic carbocycles. The number of carbonyl (C=O) groups excluding carboxylic acids is 1. The van der Waals surface area contributed by atoms with Crippen LogP contribution in [0.1, 0.15) is 45.7 Å². The average Bonchev–Trinajstić information content (AvgIpc) is 3.02. The number of benzene rings is 1. The summed E-state index contributed by atoms with van der Waals surface area (Å²) in [6, 6.07) is 8.97. The lowest BCUT2D eigenvalue weighted by atomic mass is 9.96. The van der Waals surface area contributed by atoms with Crippen LogP contribution in [0.5, 0.6) is 0 Å². The van der Waals surface area contributed by atoms with E-state index in [0.717, 1.165) is 16.9 Å². The second-order valence-electron chi connectivity index (χ2n) is 6.57. The molecule has 9 heteroatoms. The first-order valence-corrected chi connectivity index (χ1v) is 10.2. The van der Waals surface area contributed by atoms with Crippen molar-refractivity contribution in [2.24, 2.45) is 5.41 Å². The third kappa shape index (κ3) is 5.07. The molecule has 2 rings (SSSR count). The quantitative estimate of drug-likeness (QED) is 0.748. The van der Waals surface area contributed by atoms with Gasteiger partial charge in [-0.05, 0) is 12.0 Å². The molecule has 136 valence electrons. The largest absolute Gasteiger partial charge is 0.300 e. The SMILES string of the molecule is CC[C@H](NS(=O)(=O)c1nnc(NC(=O)C(C)(C)C)s1)c1ccccc1. The minimum atomic E-state index is -3.83. The van der Waals surface area contributed by atoms with Gasteiger partial charge in [0.05, 0.1) is 0 Å². The Labute approximate surface area is 151 Å². The molecule has 1 aromatic heterocycles. The molecule has 0 radical (unpaired) electrons. The van der Waals surface area contributed by atoms with E-state index >= 15 is 0 Å². The Hall–Kier alpha value is -1.84. The number of anilines is 1. The second kappa shape index (κ2) is 7.59. The summed E-state index contributed by atoms with van der Waals surface area (Å²) in [5.41, 5.74) is 0.267. The van der Waals surface area contributed by atoms with Gasteiger partial charge in [-0.2, -0.15) is 0 Å². The summed E-state index contributed by atoms with van der Waals surface area (Å²) in [4.78, 5) is 12.0. The maximum Gasteiger partial charge on any atom is 0.270 e. The number of rotatable bonds is 6. The lowest BCUT2D eigenvalue weighted by Crippen LogP contribution is -2.28. The standard InChI is InChI=1S/C16H22N4O3S2/c1-5-12(11-9-7-6-8-10-11)20-25(22,23)15-19-18-14(24-15)17-13(21)16(2,3)4/h6-10,12,20H,5H2,1-4H3,(H,17,18,21)/t12-/m0/s1. The Kier molecular flexibility index (Phi) is 5.91. The van der Waals surface area contributed by atoms with Crippen molar-refractivity contribution >= 4 is 32.4 Å². The summed E-state index contributed by atoms with van der Waals surface area (Å²) in [6.07, 6.45) is 0.593. The van der Waals surface area contributed by atoms with Crippen LogP contribution in [-0.2, 0) is 14.8 Å². The van der Waals surface area contributed by atoms with Crippen LogP contribution in [-0.4, -0.2) is 24.5 Å². The fraction of sp³-hybridized carbons (Fsp3) is 0.438. The molecular weight excluding hydrogens is 360 g/mol. The van der Waals surface area contributed by atoms with E-state index in [0.29, 0.717) is 6.42 Å². The molecular formula is C16H22N4O3S2. The van der Waals surface area contributed by atoms with E-state index < -0.39 is 15.4 Å². The summed E-state index contributed by atoms with van der Waals surface area (Å²) < 4.78 is 27.6. The zero-order valence-electron chi connectivity index (χ0n) is 14.6. The van der Waals surface area contributed by atoms with Gasteiger partial charge in [0.25, 0.3) is 10.0 Å². The van der Waals surface area contributed by atoms with Gasteiger partial charge in [0.15, 0.2) is 0 Å². The van der Waals surface area contributed by atoms with Gasteiger partial charge in [0, 0.05) is 11.5 Å². The summed E-state index contributed by atoms with van der Waals surface area (Å²) in [6.45, 7) is 7.17. The summed E-state index contributed by atoms with van der Waals surface area (Å²) in [5, 5.41) is 10.2. The molecule has 0 fully saturated rings. The van der Waals surface area contributed by atoms with Crippen molar-refractivity contribution in [1.82, 2.24) is 14.9 Å². The van der Waals surface area contributed by atoms with Crippen LogP contribution in [0.3, 0.4) is 0 Å². The highest BCUT2D eigenvalue weighted by atomic mass is 32.2. The molecule has 25 heavy (non-hydrogen) atoms. The van der Waals surface area contributed by atoms with Crippen molar-refractivity contribution in [2.75, 3.05) is 5.32 Å². The van der Waals surface area contributed by atoms with E-state index in [9.17, 15) is 13.2 Å². The highest BCUT2D eigenvalue weighted by Gasteiger charge is 2.27. The maximum absolute atomic E-state index is 12.6. The lowest BCUT2D eigenvalue weighted by molar-refractivity contribution is -0.123. The maximum atomic E-state index is 12.6. The number of nitrogens with zero attached hydrogens (tertiary/aromatic N) is 2. The molecule has 0 bridgehead atoms. The summed E-state index contributed by atoms with van der Waals surface area (Å²) in [7, 11) is -3.83. The number of carbonyl (C=O) groups is 1. The second-order valence-corrected chi connectivity index (χ2v) is 9.44. The minimum Gasteiger partial charge on any atom is -0.300 e. The number of sulfonamides is 1. The zero-order chi connectivity index (χ0) is 18.7. The van der Waals surface area contributed by atoms with Crippen LogP contribution < -0.4 is 10.0 Å². The van der Waals surface area contributed by atoms with Crippen molar-refractivity contribution in [3.8, 4) is 0 Å². The first kappa shape index (κ1) is 19.5. The molecule has 1 amide bonds. The molecule has 0 spiro atoms. The zero-order valence-corrected chi connectivity index (χ0v) is 16.2. The van der Waals surface area contributed by atoms with E-state index in [1.54, 1.807) is 20.8 Å². The number of aromatic nitrogens is 2. The van der Waals surface area contributed by atoms with Crippen molar-refractivity contribution < 1.29 is 13.2 Å². The third-order valence-corrected chi connectivity index (χ3v) is 6.12. The number of nitrogens with one attached hydrogen (secondary N) is 2. The molecule has 1 heterocycles. The fourth-order valence-electron chi connectivity index (χ4n) is 1.96.